The number of piperazine rings is 1. The molecule has 0 atom stereocenters. The minimum atomic E-state index is -3.63. The second kappa shape index (κ2) is 8.66. The van der Waals surface area contributed by atoms with Gasteiger partial charge < -0.3 is 14.5 Å². The lowest BCUT2D eigenvalue weighted by Crippen LogP contribution is -2.44. The van der Waals surface area contributed by atoms with Gasteiger partial charge in [-0.15, -0.1) is 0 Å². The van der Waals surface area contributed by atoms with E-state index in [2.05, 4.69) is 21.3 Å². The van der Waals surface area contributed by atoms with Crippen molar-refractivity contribution in [2.45, 2.75) is 10.1 Å². The Balaban J connectivity index is 1.46. The topological polar surface area (TPSA) is 75.6 Å². The van der Waals surface area contributed by atoms with Gasteiger partial charge in [0.25, 0.3) is 0 Å². The maximum absolute atomic E-state index is 13.0. The van der Waals surface area contributed by atoms with Crippen LogP contribution in [0.2, 0.25) is 0 Å². The molecule has 7 nitrogen and oxygen atoms in total. The molecule has 1 aliphatic heterocycles. The second-order valence-electron chi connectivity index (χ2n) is 7.11. The van der Waals surface area contributed by atoms with Crippen molar-refractivity contribution < 1.29 is 17.5 Å². The van der Waals surface area contributed by atoms with Gasteiger partial charge in [-0.25, -0.2) is 12.8 Å². The molecule has 1 saturated heterocycles. The third-order valence-electron chi connectivity index (χ3n) is 4.75. The van der Waals surface area contributed by atoms with Crippen molar-refractivity contribution in [2.75, 3.05) is 38.1 Å². The first kappa shape index (κ1) is 20.7. The van der Waals surface area contributed by atoms with Gasteiger partial charge in [-0.1, -0.05) is 12.1 Å². The summed E-state index contributed by atoms with van der Waals surface area (Å²) in [5.41, 5.74) is 0.575. The van der Waals surface area contributed by atoms with Gasteiger partial charge in [0.05, 0.1) is 5.75 Å². The summed E-state index contributed by atoms with van der Waals surface area (Å²) in [5, 5.41) is 0. The van der Waals surface area contributed by atoms with Gasteiger partial charge in [-0.05, 0) is 49.0 Å². The average molecular weight is 449 g/mol. The minimum absolute atomic E-state index is 0.0151. The van der Waals surface area contributed by atoms with Crippen LogP contribution in [0.3, 0.4) is 0 Å². The summed E-state index contributed by atoms with van der Waals surface area (Å²) in [6, 6.07) is 12.4. The van der Waals surface area contributed by atoms with Crippen LogP contribution in [0.1, 0.15) is 5.56 Å². The van der Waals surface area contributed by atoms with Crippen LogP contribution in [0.15, 0.2) is 52.9 Å². The zero-order valence-corrected chi connectivity index (χ0v) is 18.0. The van der Waals surface area contributed by atoms with Crippen molar-refractivity contribution in [3.63, 3.8) is 0 Å². The molecule has 0 aliphatic carbocycles. The zero-order chi connectivity index (χ0) is 21.1. The number of sulfone groups is 1. The summed E-state index contributed by atoms with van der Waals surface area (Å²) in [4.78, 5) is 8.50. The van der Waals surface area contributed by atoms with Crippen LogP contribution in [0.25, 0.3) is 0 Å². The third kappa shape index (κ3) is 4.94. The molecule has 30 heavy (non-hydrogen) atoms. The van der Waals surface area contributed by atoms with Crippen LogP contribution in [-0.2, 0) is 15.6 Å². The lowest BCUT2D eigenvalue weighted by atomic mass is 10.2. The van der Waals surface area contributed by atoms with Crippen LogP contribution in [0.5, 0.6) is 11.5 Å². The van der Waals surface area contributed by atoms with Gasteiger partial charge >= 0.3 is 0 Å². The maximum Gasteiger partial charge on any atom is 0.238 e. The smallest absolute Gasteiger partial charge is 0.238 e. The van der Waals surface area contributed by atoms with E-state index in [-0.39, 0.29) is 15.9 Å². The SMILES string of the molecule is CN1CCN(c2nsc(S(=O)(=O)Cc3cccc(Oc4ccc(F)cc4)c3)n2)CC1. The fourth-order valence-electron chi connectivity index (χ4n) is 3.08. The fraction of sp³-hybridized carbons (Fsp3) is 0.300. The molecule has 0 saturated carbocycles. The van der Waals surface area contributed by atoms with E-state index in [0.29, 0.717) is 23.0 Å². The molecule has 2 heterocycles. The van der Waals surface area contributed by atoms with Crippen LogP contribution < -0.4 is 9.64 Å². The molecular formula is C20H21FN4O3S2. The molecule has 158 valence electrons. The zero-order valence-electron chi connectivity index (χ0n) is 16.4. The van der Waals surface area contributed by atoms with Crippen LogP contribution >= 0.6 is 11.5 Å². The Morgan fingerprint density at radius 1 is 1.07 bits per heavy atom. The van der Waals surface area contributed by atoms with Crippen molar-refractivity contribution >= 4 is 27.3 Å². The van der Waals surface area contributed by atoms with Crippen LogP contribution in [0.4, 0.5) is 10.3 Å². The molecule has 2 aromatic carbocycles. The number of rotatable bonds is 6. The quantitative estimate of drug-likeness (QED) is 0.573. The van der Waals surface area contributed by atoms with E-state index in [1.165, 1.54) is 24.3 Å². The van der Waals surface area contributed by atoms with Gasteiger partial charge in [-0.2, -0.15) is 9.36 Å². The number of benzene rings is 2. The highest BCUT2D eigenvalue weighted by atomic mass is 32.2. The Hall–Kier alpha value is -2.56. The Kier molecular flexibility index (Phi) is 5.98. The Morgan fingerprint density at radius 2 is 1.80 bits per heavy atom. The number of likely N-dealkylation sites (N-methyl/N-ethyl adjacent to an activating group) is 1. The van der Waals surface area contributed by atoms with E-state index in [1.54, 1.807) is 24.3 Å². The molecule has 1 aromatic heterocycles. The maximum atomic E-state index is 13.0. The highest BCUT2D eigenvalue weighted by molar-refractivity contribution is 7.92. The van der Waals surface area contributed by atoms with Crippen molar-refractivity contribution in [2.24, 2.45) is 0 Å². The van der Waals surface area contributed by atoms with E-state index < -0.39 is 9.84 Å². The van der Waals surface area contributed by atoms with Gasteiger partial charge in [0, 0.05) is 37.7 Å². The molecule has 0 amide bonds. The van der Waals surface area contributed by atoms with E-state index in [9.17, 15) is 12.8 Å². The standard InChI is InChI=1S/C20H21FN4O3S2/c1-24-9-11-25(12-10-24)19-22-20(29-23-19)30(26,27)14-15-3-2-4-18(13-15)28-17-7-5-16(21)6-8-17/h2-8,13H,9-12,14H2,1H3. The van der Waals surface area contributed by atoms with Gasteiger partial charge in [0.15, 0.2) is 0 Å². The Labute approximate surface area is 178 Å². The second-order valence-corrected chi connectivity index (χ2v) is 10.0. The summed E-state index contributed by atoms with van der Waals surface area (Å²) < 4.78 is 48.7. The number of aromatic nitrogens is 2. The summed E-state index contributed by atoms with van der Waals surface area (Å²) >= 11 is 0.907. The number of halogens is 1. The average Bonchev–Trinajstić information content (AvgIpc) is 3.22. The summed E-state index contributed by atoms with van der Waals surface area (Å²) in [6.07, 6.45) is 0. The molecule has 1 aliphatic rings. The minimum Gasteiger partial charge on any atom is -0.457 e. The molecule has 4 rings (SSSR count). The Morgan fingerprint density at radius 3 is 2.53 bits per heavy atom. The number of hydrogen-bond acceptors (Lipinski definition) is 8. The summed E-state index contributed by atoms with van der Waals surface area (Å²) in [7, 11) is -1.58. The molecule has 0 radical (unpaired) electrons. The lowest BCUT2D eigenvalue weighted by molar-refractivity contribution is 0.311. The predicted octanol–water partition coefficient (Wildman–Crippen LogP) is 3.20. The molecule has 0 N–H and O–H groups in total. The highest BCUT2D eigenvalue weighted by Gasteiger charge is 2.24. The van der Waals surface area contributed by atoms with Crippen LogP contribution in [0, 0.1) is 5.82 Å². The molecule has 10 heteroatoms. The van der Waals surface area contributed by atoms with Crippen molar-refractivity contribution in [1.29, 1.82) is 0 Å². The molecule has 1 fully saturated rings. The summed E-state index contributed by atoms with van der Waals surface area (Å²) in [6.45, 7) is 3.33. The van der Waals surface area contributed by atoms with Crippen molar-refractivity contribution in [1.82, 2.24) is 14.3 Å². The predicted molar refractivity (Wildman–Crippen MR) is 113 cm³/mol. The molecule has 0 bridgehead atoms. The highest BCUT2D eigenvalue weighted by Crippen LogP contribution is 2.26. The van der Waals surface area contributed by atoms with E-state index in [4.69, 9.17) is 4.74 Å². The first-order chi connectivity index (χ1) is 14.4. The lowest BCUT2D eigenvalue weighted by Gasteiger charge is -2.31. The van der Waals surface area contributed by atoms with E-state index in [0.717, 1.165) is 37.7 Å². The van der Waals surface area contributed by atoms with E-state index >= 15 is 0 Å². The first-order valence-corrected chi connectivity index (χ1v) is 11.8. The number of hydrogen-bond donors (Lipinski definition) is 0. The van der Waals surface area contributed by atoms with E-state index in [1.807, 2.05) is 4.90 Å². The monoisotopic (exact) mass is 448 g/mol. The number of nitrogens with zero attached hydrogens (tertiary/aromatic N) is 4. The molecule has 3 aromatic rings. The van der Waals surface area contributed by atoms with Crippen molar-refractivity contribution in [3.8, 4) is 11.5 Å². The first-order valence-electron chi connectivity index (χ1n) is 9.41. The normalized spacial score (nSPS) is 15.3. The largest absolute Gasteiger partial charge is 0.457 e. The van der Waals surface area contributed by atoms with Gasteiger partial charge in [0.1, 0.15) is 17.3 Å². The molecular weight excluding hydrogens is 427 g/mol. The summed E-state index contributed by atoms with van der Waals surface area (Å²) in [5.74, 6) is 0.864. The number of anilines is 1. The molecule has 0 unspecified atom stereocenters. The Bertz CT molecular complexity index is 1110. The third-order valence-corrected chi connectivity index (χ3v) is 7.58. The van der Waals surface area contributed by atoms with Gasteiger partial charge in [0.2, 0.25) is 20.1 Å². The number of ether oxygens (including phenoxy) is 1. The van der Waals surface area contributed by atoms with Crippen molar-refractivity contribution in [3.05, 3.63) is 59.9 Å². The van der Waals surface area contributed by atoms with Crippen LogP contribution in [-0.4, -0.2) is 55.9 Å². The molecule has 0 spiro atoms. The fourth-order valence-corrected chi connectivity index (χ4v) is 5.23. The van der Waals surface area contributed by atoms with Gasteiger partial charge in [-0.3, -0.25) is 0 Å².